The van der Waals surface area contributed by atoms with Crippen LogP contribution in [0.15, 0.2) is 65.7 Å². The highest BCUT2D eigenvalue weighted by molar-refractivity contribution is 7.92. The maximum atomic E-state index is 14.5. The van der Waals surface area contributed by atoms with Gasteiger partial charge in [-0.2, -0.15) is 4.98 Å². The van der Waals surface area contributed by atoms with Crippen molar-refractivity contribution in [2.45, 2.75) is 84.3 Å². The highest BCUT2D eigenvalue weighted by atomic mass is 32.2. The molecule has 1 N–H and O–H groups in total. The van der Waals surface area contributed by atoms with E-state index in [0.29, 0.717) is 24.0 Å². The first-order chi connectivity index (χ1) is 22.8. The Balaban J connectivity index is 1.47. The SMILES string of the molecule is Cc1cccc(C)c1-c1cc2nc(n1)NS(=O)(=O)c1cccc(c1)C(=O)N(Cc1nccc(N3CCC[C@H]3C)n1)[C@H](CC(C)(C)C)CO2. The van der Waals surface area contributed by atoms with Crippen LogP contribution in [0.3, 0.4) is 0 Å². The predicted molar refractivity (Wildman–Crippen MR) is 185 cm³/mol. The molecular weight excluding hydrogens is 627 g/mol. The van der Waals surface area contributed by atoms with E-state index in [0.717, 1.165) is 41.9 Å². The number of ether oxygens (including phenoxy) is 1. The molecule has 2 aliphatic heterocycles. The number of anilines is 2. The van der Waals surface area contributed by atoms with Gasteiger partial charge >= 0.3 is 0 Å². The van der Waals surface area contributed by atoms with Crippen LogP contribution in [-0.4, -0.2) is 64.4 Å². The summed E-state index contributed by atoms with van der Waals surface area (Å²) in [5, 5.41) is 0. The second-order valence-corrected chi connectivity index (χ2v) is 15.7. The number of nitrogens with zero attached hydrogens (tertiary/aromatic N) is 6. The normalized spacial score (nSPS) is 19.5. The number of hydrogen-bond donors (Lipinski definition) is 1. The number of amides is 1. The Morgan fingerprint density at radius 3 is 2.46 bits per heavy atom. The smallest absolute Gasteiger partial charge is 0.264 e. The minimum Gasteiger partial charge on any atom is -0.475 e. The van der Waals surface area contributed by atoms with Crippen LogP contribution in [0.2, 0.25) is 0 Å². The Bertz CT molecular complexity index is 1920. The first-order valence-electron chi connectivity index (χ1n) is 16.4. The Labute approximate surface area is 282 Å². The zero-order chi connectivity index (χ0) is 34.2. The molecule has 0 aliphatic carbocycles. The van der Waals surface area contributed by atoms with Gasteiger partial charge < -0.3 is 14.5 Å². The number of nitrogens with one attached hydrogen (secondary N) is 1. The van der Waals surface area contributed by atoms with Gasteiger partial charge in [-0.1, -0.05) is 45.0 Å². The summed E-state index contributed by atoms with van der Waals surface area (Å²) >= 11 is 0. The molecule has 0 spiro atoms. The van der Waals surface area contributed by atoms with E-state index in [9.17, 15) is 13.2 Å². The van der Waals surface area contributed by atoms with Crippen molar-refractivity contribution >= 4 is 27.7 Å². The van der Waals surface area contributed by atoms with E-state index in [1.807, 2.05) is 38.1 Å². The van der Waals surface area contributed by atoms with Crippen molar-refractivity contribution in [3.8, 4) is 17.1 Å². The van der Waals surface area contributed by atoms with E-state index in [-0.39, 0.29) is 46.8 Å². The van der Waals surface area contributed by atoms with E-state index in [1.54, 1.807) is 29.3 Å². The highest BCUT2D eigenvalue weighted by Crippen LogP contribution is 2.32. The highest BCUT2D eigenvalue weighted by Gasteiger charge is 2.32. The van der Waals surface area contributed by atoms with Crippen molar-refractivity contribution in [2.24, 2.45) is 5.41 Å². The zero-order valence-electron chi connectivity index (χ0n) is 28.4. The molecule has 4 aromatic rings. The minimum absolute atomic E-state index is 0.0790. The van der Waals surface area contributed by atoms with Gasteiger partial charge in [0, 0.05) is 36.0 Å². The van der Waals surface area contributed by atoms with Crippen LogP contribution < -0.4 is 14.4 Å². The molecule has 6 rings (SSSR count). The molecule has 4 bridgehead atoms. The molecule has 2 aromatic carbocycles. The third kappa shape index (κ3) is 7.28. The van der Waals surface area contributed by atoms with Crippen LogP contribution in [0.1, 0.15) is 74.3 Å². The maximum absolute atomic E-state index is 14.5. The average Bonchev–Trinajstić information content (AvgIpc) is 3.46. The monoisotopic (exact) mass is 669 g/mol. The molecule has 1 saturated heterocycles. The standard InChI is InChI=1S/C36H43N7O4S/c1-23-10-7-11-24(2)33(23)29-19-32-40-35(38-29)41-48(45,46)28-14-8-13-26(18-28)34(44)43(27(22-47-32)20-36(4,5)6)21-30-37-16-15-31(39-30)42-17-9-12-25(42)3/h7-8,10-11,13-16,18-19,25,27H,9,12,17,20-22H2,1-6H3,(H,38,40,41)/t25-,27-/m1/s1. The number of rotatable bonds is 5. The molecule has 1 fully saturated rings. The summed E-state index contributed by atoms with van der Waals surface area (Å²) in [6, 6.07) is 15.5. The van der Waals surface area contributed by atoms with Gasteiger partial charge in [-0.25, -0.2) is 28.1 Å². The summed E-state index contributed by atoms with van der Waals surface area (Å²) in [5.74, 6) is 1.06. The number of sulfonamides is 1. The van der Waals surface area contributed by atoms with E-state index < -0.39 is 16.1 Å². The summed E-state index contributed by atoms with van der Waals surface area (Å²) in [6.45, 7) is 13.6. The Kier molecular flexibility index (Phi) is 9.12. The van der Waals surface area contributed by atoms with Gasteiger partial charge in [0.1, 0.15) is 18.2 Å². The molecule has 48 heavy (non-hydrogen) atoms. The van der Waals surface area contributed by atoms with Crippen molar-refractivity contribution in [3.63, 3.8) is 0 Å². The molecule has 1 amide bonds. The number of benzene rings is 2. The van der Waals surface area contributed by atoms with Crippen molar-refractivity contribution in [1.29, 1.82) is 0 Å². The molecule has 0 unspecified atom stereocenters. The second-order valence-electron chi connectivity index (χ2n) is 14.0. The number of hydrogen-bond acceptors (Lipinski definition) is 9. The predicted octanol–water partition coefficient (Wildman–Crippen LogP) is 6.18. The van der Waals surface area contributed by atoms with Gasteiger partial charge in [-0.05, 0) is 80.8 Å². The zero-order valence-corrected chi connectivity index (χ0v) is 29.2. The Morgan fingerprint density at radius 1 is 1.00 bits per heavy atom. The lowest BCUT2D eigenvalue weighted by Crippen LogP contribution is -2.45. The van der Waals surface area contributed by atoms with Crippen LogP contribution in [0.4, 0.5) is 11.8 Å². The number of fused-ring (bicyclic) bond motifs is 4. The molecule has 11 nitrogen and oxygen atoms in total. The quantitative estimate of drug-likeness (QED) is 0.265. The Morgan fingerprint density at radius 2 is 1.75 bits per heavy atom. The van der Waals surface area contributed by atoms with Crippen LogP contribution >= 0.6 is 0 Å². The largest absolute Gasteiger partial charge is 0.475 e. The van der Waals surface area contributed by atoms with Crippen molar-refractivity contribution in [1.82, 2.24) is 24.8 Å². The maximum Gasteiger partial charge on any atom is 0.264 e. The molecule has 252 valence electrons. The number of aromatic nitrogens is 4. The lowest BCUT2D eigenvalue weighted by atomic mass is 9.87. The molecule has 2 aliphatic rings. The van der Waals surface area contributed by atoms with Crippen molar-refractivity contribution in [2.75, 3.05) is 22.8 Å². The summed E-state index contributed by atoms with van der Waals surface area (Å²) in [6.07, 6.45) is 4.51. The van der Waals surface area contributed by atoms with E-state index in [1.165, 1.54) is 12.1 Å². The molecule has 2 aromatic heterocycles. The van der Waals surface area contributed by atoms with Gasteiger partial charge in [0.05, 0.1) is 23.2 Å². The van der Waals surface area contributed by atoms with E-state index >= 15 is 0 Å². The first-order valence-corrected chi connectivity index (χ1v) is 17.9. The lowest BCUT2D eigenvalue weighted by molar-refractivity contribution is 0.0505. The van der Waals surface area contributed by atoms with Crippen LogP contribution in [0.25, 0.3) is 11.3 Å². The second kappa shape index (κ2) is 13.1. The van der Waals surface area contributed by atoms with Crippen LogP contribution in [-0.2, 0) is 16.6 Å². The molecule has 12 heteroatoms. The first kappa shape index (κ1) is 33.3. The van der Waals surface area contributed by atoms with Gasteiger partial charge in [0.25, 0.3) is 15.9 Å². The summed E-state index contributed by atoms with van der Waals surface area (Å²) < 4.78 is 36.3. The average molecular weight is 670 g/mol. The van der Waals surface area contributed by atoms with E-state index in [2.05, 4.69) is 52.3 Å². The molecule has 2 atom stereocenters. The van der Waals surface area contributed by atoms with Gasteiger partial charge in [0.2, 0.25) is 11.8 Å². The number of carbonyl (C=O) groups excluding carboxylic acids is 1. The topological polar surface area (TPSA) is 131 Å². The fourth-order valence-electron chi connectivity index (χ4n) is 6.60. The van der Waals surface area contributed by atoms with Gasteiger partial charge in [-0.3, -0.25) is 4.79 Å². The molecule has 0 radical (unpaired) electrons. The lowest BCUT2D eigenvalue weighted by Gasteiger charge is -2.35. The summed E-state index contributed by atoms with van der Waals surface area (Å²) in [5.41, 5.74) is 3.38. The van der Waals surface area contributed by atoms with Crippen molar-refractivity contribution in [3.05, 3.63) is 83.3 Å². The molecule has 0 saturated carbocycles. The van der Waals surface area contributed by atoms with Gasteiger partial charge in [-0.15, -0.1) is 0 Å². The molecule has 4 heterocycles. The third-order valence-corrected chi connectivity index (χ3v) is 10.2. The van der Waals surface area contributed by atoms with Gasteiger partial charge in [0.15, 0.2) is 0 Å². The summed E-state index contributed by atoms with van der Waals surface area (Å²) in [7, 11) is -4.17. The molecular formula is C36H43N7O4S. The van der Waals surface area contributed by atoms with E-state index in [4.69, 9.17) is 9.72 Å². The fourth-order valence-corrected chi connectivity index (χ4v) is 7.59. The fraction of sp³-hybridized carbons (Fsp3) is 0.417. The number of aryl methyl sites for hydroxylation is 2. The summed E-state index contributed by atoms with van der Waals surface area (Å²) in [4.78, 5) is 37.0. The minimum atomic E-state index is -4.17. The van der Waals surface area contributed by atoms with Crippen LogP contribution in [0.5, 0.6) is 5.88 Å². The number of carbonyl (C=O) groups is 1. The third-order valence-electron chi connectivity index (χ3n) is 8.88. The van der Waals surface area contributed by atoms with Crippen LogP contribution in [0, 0.1) is 19.3 Å². The Hall–Kier alpha value is -4.58. The van der Waals surface area contributed by atoms with Crippen molar-refractivity contribution < 1.29 is 17.9 Å².